The Kier molecular flexibility index (Phi) is 5.58. The van der Waals surface area contributed by atoms with Gasteiger partial charge in [0.15, 0.2) is 5.03 Å². The van der Waals surface area contributed by atoms with Crippen molar-refractivity contribution in [2.24, 2.45) is 0 Å². The number of benzene rings is 1. The topological polar surface area (TPSA) is 98.0 Å². The average molecular weight is 437 g/mol. The molecule has 4 rings (SSSR count). The lowest BCUT2D eigenvalue weighted by atomic mass is 9.75. The predicted molar refractivity (Wildman–Crippen MR) is 123 cm³/mol. The van der Waals surface area contributed by atoms with Crippen LogP contribution in [-0.4, -0.2) is 18.4 Å². The van der Waals surface area contributed by atoms with Gasteiger partial charge in [-0.1, -0.05) is 55.8 Å². The molecule has 2 aromatic heterocycles. The SMILES string of the molecule is Cc1ccc(-c2nc3c(cc2CNS(=O)(=O)c2cccc(N)n2)CCCC3(C)C)cc1. The van der Waals surface area contributed by atoms with Gasteiger partial charge in [-0.15, -0.1) is 0 Å². The van der Waals surface area contributed by atoms with Crippen molar-refractivity contribution in [3.63, 3.8) is 0 Å². The fraction of sp³-hybridized carbons (Fsp3) is 0.333. The number of hydrogen-bond donors (Lipinski definition) is 2. The fourth-order valence-electron chi connectivity index (χ4n) is 4.14. The van der Waals surface area contributed by atoms with Crippen LogP contribution >= 0.6 is 0 Å². The largest absolute Gasteiger partial charge is 0.384 e. The molecule has 0 aliphatic heterocycles. The summed E-state index contributed by atoms with van der Waals surface area (Å²) in [5, 5.41) is -0.0866. The summed E-state index contributed by atoms with van der Waals surface area (Å²) in [6.07, 6.45) is 3.15. The third-order valence-corrected chi connectivity index (χ3v) is 7.17. The molecule has 0 amide bonds. The first-order valence-corrected chi connectivity index (χ1v) is 12.0. The molecule has 0 unspecified atom stereocenters. The van der Waals surface area contributed by atoms with Crippen LogP contribution in [0, 0.1) is 6.92 Å². The Hall–Kier alpha value is -2.77. The molecular weight excluding hydrogens is 408 g/mol. The number of hydrogen-bond acceptors (Lipinski definition) is 5. The van der Waals surface area contributed by atoms with Crippen LogP contribution in [0.4, 0.5) is 5.82 Å². The number of fused-ring (bicyclic) bond motifs is 1. The van der Waals surface area contributed by atoms with Gasteiger partial charge in [-0.3, -0.25) is 4.98 Å². The van der Waals surface area contributed by atoms with Crippen molar-refractivity contribution in [3.8, 4) is 11.3 Å². The maximum atomic E-state index is 12.8. The number of nitrogen functional groups attached to an aromatic ring is 1. The van der Waals surface area contributed by atoms with E-state index in [0.717, 1.165) is 47.3 Å². The van der Waals surface area contributed by atoms with Crippen molar-refractivity contribution >= 4 is 15.8 Å². The molecule has 0 spiro atoms. The zero-order chi connectivity index (χ0) is 22.2. The second-order valence-corrected chi connectivity index (χ2v) is 10.5. The van der Waals surface area contributed by atoms with Crippen molar-refractivity contribution < 1.29 is 8.42 Å². The zero-order valence-corrected chi connectivity index (χ0v) is 19.0. The second-order valence-electron chi connectivity index (χ2n) is 8.83. The molecule has 0 fully saturated rings. The lowest BCUT2D eigenvalue weighted by molar-refractivity contribution is 0.418. The van der Waals surface area contributed by atoms with Gasteiger partial charge >= 0.3 is 0 Å². The number of sulfonamides is 1. The fourth-order valence-corrected chi connectivity index (χ4v) is 5.12. The molecule has 31 heavy (non-hydrogen) atoms. The number of nitrogens with two attached hydrogens (primary N) is 1. The van der Waals surface area contributed by atoms with E-state index in [9.17, 15) is 8.42 Å². The van der Waals surface area contributed by atoms with E-state index in [1.165, 1.54) is 11.6 Å². The molecule has 0 saturated heterocycles. The zero-order valence-electron chi connectivity index (χ0n) is 18.1. The number of nitrogens with zero attached hydrogens (tertiary/aromatic N) is 2. The number of aromatic nitrogens is 2. The molecule has 2 heterocycles. The van der Waals surface area contributed by atoms with Gasteiger partial charge in [0.1, 0.15) is 5.82 Å². The Labute approximate surface area is 184 Å². The van der Waals surface area contributed by atoms with Gasteiger partial charge < -0.3 is 5.73 Å². The smallest absolute Gasteiger partial charge is 0.258 e. The average Bonchev–Trinajstić information content (AvgIpc) is 2.72. The van der Waals surface area contributed by atoms with E-state index >= 15 is 0 Å². The van der Waals surface area contributed by atoms with Crippen molar-refractivity contribution in [1.29, 1.82) is 0 Å². The second kappa shape index (κ2) is 8.05. The van der Waals surface area contributed by atoms with Crippen molar-refractivity contribution in [2.75, 3.05) is 5.73 Å². The molecule has 7 heteroatoms. The number of rotatable bonds is 5. The molecule has 0 radical (unpaired) electrons. The van der Waals surface area contributed by atoms with Gasteiger partial charge in [-0.05, 0) is 49.4 Å². The molecule has 0 saturated carbocycles. The number of aryl methyl sites for hydroxylation is 2. The molecule has 3 aromatic rings. The first-order valence-electron chi connectivity index (χ1n) is 10.5. The van der Waals surface area contributed by atoms with Gasteiger partial charge in [0.25, 0.3) is 10.0 Å². The van der Waals surface area contributed by atoms with Crippen LogP contribution in [0.1, 0.15) is 49.1 Å². The van der Waals surface area contributed by atoms with Crippen LogP contribution in [0.15, 0.2) is 53.6 Å². The minimum Gasteiger partial charge on any atom is -0.384 e. The van der Waals surface area contributed by atoms with Crippen molar-refractivity contribution in [2.45, 2.75) is 57.0 Å². The van der Waals surface area contributed by atoms with Gasteiger partial charge in [-0.25, -0.2) is 18.1 Å². The summed E-state index contributed by atoms with van der Waals surface area (Å²) in [6.45, 7) is 6.62. The first kappa shape index (κ1) is 21.5. The van der Waals surface area contributed by atoms with Crippen LogP contribution in [0.5, 0.6) is 0 Å². The van der Waals surface area contributed by atoms with Crippen LogP contribution in [0.2, 0.25) is 0 Å². The molecule has 1 aromatic carbocycles. The Morgan fingerprint density at radius 1 is 1.10 bits per heavy atom. The predicted octanol–water partition coefficient (Wildman–Crippen LogP) is 4.13. The highest BCUT2D eigenvalue weighted by Gasteiger charge is 2.30. The summed E-state index contributed by atoms with van der Waals surface area (Å²) in [5.41, 5.74) is 11.8. The number of anilines is 1. The van der Waals surface area contributed by atoms with Crippen molar-refractivity contribution in [1.82, 2.24) is 14.7 Å². The normalized spacial score (nSPS) is 15.5. The minimum absolute atomic E-state index is 0.00342. The Morgan fingerprint density at radius 3 is 2.55 bits per heavy atom. The molecule has 1 aliphatic rings. The summed E-state index contributed by atoms with van der Waals surface area (Å²) < 4.78 is 28.3. The molecular formula is C24H28N4O2S. The van der Waals surface area contributed by atoms with E-state index in [4.69, 9.17) is 10.7 Å². The molecule has 6 nitrogen and oxygen atoms in total. The Morgan fingerprint density at radius 2 is 1.84 bits per heavy atom. The van der Waals surface area contributed by atoms with E-state index in [1.54, 1.807) is 12.1 Å². The highest BCUT2D eigenvalue weighted by atomic mass is 32.2. The highest BCUT2D eigenvalue weighted by molar-refractivity contribution is 7.89. The standard InChI is InChI=1S/C24H28N4O2S/c1-16-9-11-17(12-10-16)22-19(14-18-6-5-13-24(2,3)23(18)28-22)15-26-31(29,30)21-8-4-7-20(25)27-21/h4,7-12,14,26H,5-6,13,15H2,1-3H3,(H2,25,27). The van der Waals surface area contributed by atoms with Crippen LogP contribution in [-0.2, 0) is 28.4 Å². The summed E-state index contributed by atoms with van der Waals surface area (Å²) in [7, 11) is -3.80. The van der Waals surface area contributed by atoms with Gasteiger partial charge in [-0.2, -0.15) is 0 Å². The molecule has 162 valence electrons. The van der Waals surface area contributed by atoms with E-state index in [1.807, 2.05) is 31.2 Å². The molecule has 0 atom stereocenters. The number of pyridine rings is 2. The monoisotopic (exact) mass is 436 g/mol. The maximum Gasteiger partial charge on any atom is 0.258 e. The quantitative estimate of drug-likeness (QED) is 0.627. The summed E-state index contributed by atoms with van der Waals surface area (Å²) >= 11 is 0. The van der Waals surface area contributed by atoms with Crippen LogP contribution in [0.25, 0.3) is 11.3 Å². The van der Waals surface area contributed by atoms with E-state index < -0.39 is 10.0 Å². The number of nitrogens with one attached hydrogen (secondary N) is 1. The summed E-state index contributed by atoms with van der Waals surface area (Å²) in [4.78, 5) is 9.03. The van der Waals surface area contributed by atoms with Crippen LogP contribution < -0.4 is 10.5 Å². The first-order chi connectivity index (χ1) is 14.7. The van der Waals surface area contributed by atoms with Crippen LogP contribution in [0.3, 0.4) is 0 Å². The Balaban J connectivity index is 1.75. The lowest BCUT2D eigenvalue weighted by Crippen LogP contribution is -2.28. The molecule has 1 aliphatic carbocycles. The third-order valence-electron chi connectivity index (χ3n) is 5.87. The van der Waals surface area contributed by atoms with E-state index in [-0.39, 0.29) is 22.8 Å². The summed E-state index contributed by atoms with van der Waals surface area (Å²) in [5.74, 6) is 0.167. The third kappa shape index (κ3) is 4.48. The minimum atomic E-state index is -3.80. The maximum absolute atomic E-state index is 12.8. The van der Waals surface area contributed by atoms with Gasteiger partial charge in [0.2, 0.25) is 0 Å². The molecule has 0 bridgehead atoms. The van der Waals surface area contributed by atoms with Gasteiger partial charge in [0, 0.05) is 23.2 Å². The highest BCUT2D eigenvalue weighted by Crippen LogP contribution is 2.38. The summed E-state index contributed by atoms with van der Waals surface area (Å²) in [6, 6.07) is 14.9. The molecule has 3 N–H and O–H groups in total. The Bertz CT molecular complexity index is 1220. The van der Waals surface area contributed by atoms with E-state index in [0.29, 0.717) is 0 Å². The van der Waals surface area contributed by atoms with Gasteiger partial charge in [0.05, 0.1) is 5.69 Å². The lowest BCUT2D eigenvalue weighted by Gasteiger charge is -2.32. The van der Waals surface area contributed by atoms with Crippen molar-refractivity contribution in [3.05, 3.63) is 70.9 Å². The van der Waals surface area contributed by atoms with E-state index in [2.05, 4.69) is 29.6 Å².